The van der Waals surface area contributed by atoms with Gasteiger partial charge in [0.05, 0.1) is 5.69 Å². The highest BCUT2D eigenvalue weighted by Crippen LogP contribution is 2.28. The van der Waals surface area contributed by atoms with E-state index in [1.54, 1.807) is 6.20 Å². The van der Waals surface area contributed by atoms with Crippen LogP contribution in [0, 0.1) is 11.6 Å². The highest BCUT2D eigenvalue weighted by molar-refractivity contribution is 7.99. The Balaban J connectivity index is 2.15. The summed E-state index contributed by atoms with van der Waals surface area (Å²) in [6.07, 6.45) is 1.67. The van der Waals surface area contributed by atoms with Gasteiger partial charge in [0.15, 0.2) is 11.6 Å². The van der Waals surface area contributed by atoms with E-state index < -0.39 is 11.6 Å². The maximum absolute atomic E-state index is 13.0. The first kappa shape index (κ1) is 13.0. The molecule has 1 atom stereocenters. The van der Waals surface area contributed by atoms with E-state index in [0.717, 1.165) is 16.7 Å². The van der Waals surface area contributed by atoms with Gasteiger partial charge in [-0.1, -0.05) is 11.8 Å². The maximum Gasteiger partial charge on any atom is 0.159 e. The van der Waals surface area contributed by atoms with Crippen LogP contribution in [0.5, 0.6) is 0 Å². The average molecular weight is 266 g/mol. The Morgan fingerprint density at radius 3 is 2.39 bits per heavy atom. The molecule has 0 aliphatic rings. The van der Waals surface area contributed by atoms with Crippen molar-refractivity contribution in [2.75, 3.05) is 0 Å². The number of hydrogen-bond donors (Lipinski definition) is 1. The summed E-state index contributed by atoms with van der Waals surface area (Å²) in [6.45, 7) is 1.85. The lowest BCUT2D eigenvalue weighted by Crippen LogP contribution is -2.06. The second-order valence-corrected chi connectivity index (χ2v) is 5.03. The number of nitrogens with zero attached hydrogens (tertiary/aromatic N) is 1. The zero-order chi connectivity index (χ0) is 13.1. The summed E-state index contributed by atoms with van der Waals surface area (Å²) >= 11 is 1.32. The van der Waals surface area contributed by atoms with Gasteiger partial charge in [0.1, 0.15) is 0 Å². The van der Waals surface area contributed by atoms with Crippen molar-refractivity contribution in [3.8, 4) is 0 Å². The van der Waals surface area contributed by atoms with Gasteiger partial charge >= 0.3 is 0 Å². The van der Waals surface area contributed by atoms with E-state index in [1.165, 1.54) is 23.9 Å². The van der Waals surface area contributed by atoms with Gasteiger partial charge in [-0.15, -0.1) is 0 Å². The molecule has 0 aliphatic heterocycles. The minimum atomic E-state index is -0.847. The number of halogens is 2. The molecule has 0 unspecified atom stereocenters. The Bertz CT molecular complexity index is 541. The SMILES string of the molecule is C[C@@H](N)c1ccc(Sc2ccc(F)c(F)c2)cn1. The van der Waals surface area contributed by atoms with E-state index in [1.807, 2.05) is 19.1 Å². The van der Waals surface area contributed by atoms with E-state index in [0.29, 0.717) is 4.90 Å². The summed E-state index contributed by atoms with van der Waals surface area (Å²) in [7, 11) is 0. The van der Waals surface area contributed by atoms with Gasteiger partial charge in [0.25, 0.3) is 0 Å². The van der Waals surface area contributed by atoms with Gasteiger partial charge in [-0.25, -0.2) is 8.78 Å². The van der Waals surface area contributed by atoms with Crippen molar-refractivity contribution in [1.82, 2.24) is 4.98 Å². The van der Waals surface area contributed by atoms with Crippen LogP contribution >= 0.6 is 11.8 Å². The van der Waals surface area contributed by atoms with Crippen LogP contribution in [0.15, 0.2) is 46.3 Å². The Kier molecular flexibility index (Phi) is 3.93. The zero-order valence-electron chi connectivity index (χ0n) is 9.73. The fraction of sp³-hybridized carbons (Fsp3) is 0.154. The molecule has 0 bridgehead atoms. The summed E-state index contributed by atoms with van der Waals surface area (Å²) in [5.41, 5.74) is 6.49. The Hall–Kier alpha value is -1.46. The molecule has 0 aliphatic carbocycles. The van der Waals surface area contributed by atoms with Crippen LogP contribution < -0.4 is 5.73 Å². The van der Waals surface area contributed by atoms with E-state index >= 15 is 0 Å². The van der Waals surface area contributed by atoms with Crippen molar-refractivity contribution in [3.63, 3.8) is 0 Å². The summed E-state index contributed by atoms with van der Waals surface area (Å²) < 4.78 is 25.8. The van der Waals surface area contributed by atoms with Crippen LogP contribution in [0.25, 0.3) is 0 Å². The van der Waals surface area contributed by atoms with E-state index in [4.69, 9.17) is 5.73 Å². The Labute approximate surface area is 108 Å². The fourth-order valence-electron chi connectivity index (χ4n) is 1.40. The molecule has 1 aromatic carbocycles. The van der Waals surface area contributed by atoms with Gasteiger partial charge in [-0.05, 0) is 37.3 Å². The molecule has 5 heteroatoms. The first-order valence-electron chi connectivity index (χ1n) is 5.40. The zero-order valence-corrected chi connectivity index (χ0v) is 10.5. The second kappa shape index (κ2) is 5.46. The van der Waals surface area contributed by atoms with E-state index in [2.05, 4.69) is 4.98 Å². The highest BCUT2D eigenvalue weighted by atomic mass is 32.2. The van der Waals surface area contributed by atoms with Crippen LogP contribution in [0.4, 0.5) is 8.78 Å². The number of aromatic nitrogens is 1. The molecule has 0 saturated heterocycles. The molecule has 1 heterocycles. The molecule has 2 rings (SSSR count). The third-order valence-electron chi connectivity index (χ3n) is 2.35. The molecule has 18 heavy (non-hydrogen) atoms. The van der Waals surface area contributed by atoms with Crippen LogP contribution in [0.1, 0.15) is 18.7 Å². The fourth-order valence-corrected chi connectivity index (χ4v) is 2.21. The van der Waals surface area contributed by atoms with Gasteiger partial charge in [-0.3, -0.25) is 4.98 Å². The van der Waals surface area contributed by atoms with E-state index in [9.17, 15) is 8.78 Å². The summed E-state index contributed by atoms with van der Waals surface area (Å²) in [4.78, 5) is 5.68. The Morgan fingerprint density at radius 2 is 1.83 bits per heavy atom. The van der Waals surface area contributed by atoms with Gasteiger partial charge in [-0.2, -0.15) is 0 Å². The van der Waals surface area contributed by atoms with Crippen molar-refractivity contribution in [3.05, 3.63) is 53.9 Å². The monoisotopic (exact) mass is 266 g/mol. The normalized spacial score (nSPS) is 12.4. The molecule has 2 aromatic rings. The van der Waals surface area contributed by atoms with Crippen LogP contribution in [0.2, 0.25) is 0 Å². The smallest absolute Gasteiger partial charge is 0.159 e. The lowest BCUT2D eigenvalue weighted by Gasteiger charge is -2.06. The summed E-state index contributed by atoms with van der Waals surface area (Å²) in [5, 5.41) is 0. The largest absolute Gasteiger partial charge is 0.323 e. The van der Waals surface area contributed by atoms with Gasteiger partial charge in [0.2, 0.25) is 0 Å². The van der Waals surface area contributed by atoms with Gasteiger partial charge in [0, 0.05) is 22.0 Å². The third-order valence-corrected chi connectivity index (χ3v) is 3.32. The quantitative estimate of drug-likeness (QED) is 0.923. The number of benzene rings is 1. The lowest BCUT2D eigenvalue weighted by atomic mass is 10.2. The van der Waals surface area contributed by atoms with Crippen LogP contribution in [0.3, 0.4) is 0 Å². The standard InChI is InChI=1S/C13H12F2N2S/c1-8(16)13-5-3-10(7-17-13)18-9-2-4-11(14)12(15)6-9/h2-8H,16H2,1H3/t8-/m1/s1. The minimum absolute atomic E-state index is 0.118. The number of nitrogens with two attached hydrogens (primary N) is 1. The van der Waals surface area contributed by atoms with Crippen molar-refractivity contribution in [2.24, 2.45) is 5.73 Å². The first-order valence-corrected chi connectivity index (χ1v) is 6.22. The minimum Gasteiger partial charge on any atom is -0.323 e. The predicted molar refractivity (Wildman–Crippen MR) is 67.3 cm³/mol. The molecule has 2 nitrogen and oxygen atoms in total. The molecule has 2 N–H and O–H groups in total. The average Bonchev–Trinajstić information content (AvgIpc) is 2.34. The van der Waals surface area contributed by atoms with Gasteiger partial charge < -0.3 is 5.73 Å². The van der Waals surface area contributed by atoms with Crippen molar-refractivity contribution in [2.45, 2.75) is 22.8 Å². The molecule has 0 fully saturated rings. The predicted octanol–water partition coefficient (Wildman–Crippen LogP) is 3.53. The molecule has 0 radical (unpaired) electrons. The molecule has 0 spiro atoms. The third kappa shape index (κ3) is 3.05. The highest BCUT2D eigenvalue weighted by Gasteiger charge is 2.05. The summed E-state index contributed by atoms with van der Waals surface area (Å²) in [6, 6.07) is 7.38. The van der Waals surface area contributed by atoms with Crippen molar-refractivity contribution in [1.29, 1.82) is 0 Å². The first-order chi connectivity index (χ1) is 8.56. The molecule has 0 saturated carbocycles. The molecule has 0 amide bonds. The topological polar surface area (TPSA) is 38.9 Å². The van der Waals surface area contributed by atoms with Crippen molar-refractivity contribution >= 4 is 11.8 Å². The Morgan fingerprint density at radius 1 is 1.11 bits per heavy atom. The number of hydrogen-bond acceptors (Lipinski definition) is 3. The van der Waals surface area contributed by atoms with Crippen molar-refractivity contribution < 1.29 is 8.78 Å². The van der Waals surface area contributed by atoms with Crippen LogP contribution in [-0.4, -0.2) is 4.98 Å². The summed E-state index contributed by atoms with van der Waals surface area (Å²) in [5.74, 6) is -1.69. The van der Waals surface area contributed by atoms with E-state index in [-0.39, 0.29) is 6.04 Å². The number of rotatable bonds is 3. The number of pyridine rings is 1. The molecular weight excluding hydrogens is 254 g/mol. The molecule has 94 valence electrons. The van der Waals surface area contributed by atoms with Crippen LogP contribution in [-0.2, 0) is 0 Å². The molecule has 1 aromatic heterocycles. The lowest BCUT2D eigenvalue weighted by molar-refractivity contribution is 0.506. The maximum atomic E-state index is 13.0. The second-order valence-electron chi connectivity index (χ2n) is 3.89. The molecular formula is C13H12F2N2S.